The summed E-state index contributed by atoms with van der Waals surface area (Å²) in [7, 11) is 0. The molecule has 0 spiro atoms. The zero-order chi connectivity index (χ0) is 22.2. The SMILES string of the molecule is Cc1c(NC(=O)C2CC(=O)N(c3cccc(Br)c3)C2)cccc1-c1nc2cccnc2s1. The van der Waals surface area contributed by atoms with Gasteiger partial charge in [0, 0.05) is 40.6 Å². The van der Waals surface area contributed by atoms with Gasteiger partial charge in [-0.15, -0.1) is 0 Å². The third kappa shape index (κ3) is 3.91. The number of hydrogen-bond acceptors (Lipinski definition) is 5. The summed E-state index contributed by atoms with van der Waals surface area (Å²) in [5.74, 6) is -0.603. The first-order valence-corrected chi connectivity index (χ1v) is 11.8. The highest BCUT2D eigenvalue weighted by molar-refractivity contribution is 9.10. The molecule has 1 N–H and O–H groups in total. The zero-order valence-electron chi connectivity index (χ0n) is 17.2. The molecule has 4 aromatic rings. The summed E-state index contributed by atoms with van der Waals surface area (Å²) < 4.78 is 0.896. The minimum Gasteiger partial charge on any atom is -0.326 e. The summed E-state index contributed by atoms with van der Waals surface area (Å²) in [5, 5.41) is 3.90. The van der Waals surface area contributed by atoms with E-state index in [9.17, 15) is 9.59 Å². The van der Waals surface area contributed by atoms with Crippen molar-refractivity contribution in [1.82, 2.24) is 9.97 Å². The van der Waals surface area contributed by atoms with Gasteiger partial charge in [-0.05, 0) is 48.9 Å². The molecule has 0 bridgehead atoms. The summed E-state index contributed by atoms with van der Waals surface area (Å²) >= 11 is 4.96. The molecule has 32 heavy (non-hydrogen) atoms. The standard InChI is InChI=1S/C24H19BrN4O2S/c1-14-18(23-28-20-9-4-10-26-24(20)32-23)7-3-8-19(14)27-22(31)15-11-21(30)29(13-15)17-6-2-5-16(25)12-17/h2-10,12,15H,11,13H2,1H3,(H,27,31). The largest absolute Gasteiger partial charge is 0.326 e. The van der Waals surface area contributed by atoms with Gasteiger partial charge >= 0.3 is 0 Å². The number of fused-ring (bicyclic) bond motifs is 1. The van der Waals surface area contributed by atoms with Gasteiger partial charge in [0.1, 0.15) is 15.4 Å². The van der Waals surface area contributed by atoms with Crippen LogP contribution in [0.25, 0.3) is 20.9 Å². The highest BCUT2D eigenvalue weighted by Gasteiger charge is 2.35. The van der Waals surface area contributed by atoms with Gasteiger partial charge in [0.15, 0.2) is 0 Å². The highest BCUT2D eigenvalue weighted by Crippen LogP contribution is 2.34. The number of pyridine rings is 1. The molecule has 1 saturated heterocycles. The predicted octanol–water partition coefficient (Wildman–Crippen LogP) is 5.42. The van der Waals surface area contributed by atoms with E-state index < -0.39 is 5.92 Å². The number of carbonyl (C=O) groups is 2. The summed E-state index contributed by atoms with van der Waals surface area (Å²) in [5.41, 5.74) is 4.28. The van der Waals surface area contributed by atoms with E-state index in [2.05, 4.69) is 26.2 Å². The second kappa shape index (κ2) is 8.44. The van der Waals surface area contributed by atoms with Crippen LogP contribution in [-0.2, 0) is 9.59 Å². The average molecular weight is 507 g/mol. The topological polar surface area (TPSA) is 75.2 Å². The number of benzene rings is 2. The second-order valence-corrected chi connectivity index (χ2v) is 9.59. The first kappa shape index (κ1) is 20.8. The molecule has 1 aliphatic heterocycles. The van der Waals surface area contributed by atoms with Crippen LogP contribution in [0.4, 0.5) is 11.4 Å². The Morgan fingerprint density at radius 1 is 1.19 bits per heavy atom. The Kier molecular flexibility index (Phi) is 5.48. The van der Waals surface area contributed by atoms with Crippen LogP contribution in [0.15, 0.2) is 65.3 Å². The fourth-order valence-corrected chi connectivity index (χ4v) is 5.28. The Labute approximate surface area is 197 Å². The van der Waals surface area contributed by atoms with E-state index in [-0.39, 0.29) is 18.2 Å². The Morgan fingerprint density at radius 2 is 2.03 bits per heavy atom. The molecule has 160 valence electrons. The van der Waals surface area contributed by atoms with Gasteiger partial charge < -0.3 is 10.2 Å². The van der Waals surface area contributed by atoms with Crippen LogP contribution in [-0.4, -0.2) is 28.3 Å². The minimum absolute atomic E-state index is 0.0456. The molecule has 0 radical (unpaired) electrons. The maximum Gasteiger partial charge on any atom is 0.229 e. The quantitative estimate of drug-likeness (QED) is 0.400. The summed E-state index contributed by atoms with van der Waals surface area (Å²) in [4.78, 5) is 37.2. The number of nitrogens with one attached hydrogen (secondary N) is 1. The van der Waals surface area contributed by atoms with E-state index in [0.717, 1.165) is 42.3 Å². The zero-order valence-corrected chi connectivity index (χ0v) is 19.6. The van der Waals surface area contributed by atoms with E-state index >= 15 is 0 Å². The van der Waals surface area contributed by atoms with Crippen molar-refractivity contribution >= 4 is 60.8 Å². The smallest absolute Gasteiger partial charge is 0.229 e. The Balaban J connectivity index is 1.36. The number of anilines is 2. The molecular formula is C24H19BrN4O2S. The van der Waals surface area contributed by atoms with Crippen molar-refractivity contribution in [3.05, 3.63) is 70.8 Å². The molecule has 2 aromatic carbocycles. The highest BCUT2D eigenvalue weighted by atomic mass is 79.9. The third-order valence-electron chi connectivity index (χ3n) is 5.60. The number of carbonyl (C=O) groups excluding carboxylic acids is 2. The van der Waals surface area contributed by atoms with Gasteiger partial charge in [0.2, 0.25) is 11.8 Å². The van der Waals surface area contributed by atoms with Crippen molar-refractivity contribution < 1.29 is 9.59 Å². The molecule has 2 amide bonds. The molecule has 0 aliphatic carbocycles. The van der Waals surface area contributed by atoms with Gasteiger partial charge in [0.25, 0.3) is 0 Å². The number of nitrogens with zero attached hydrogens (tertiary/aromatic N) is 3. The first-order chi connectivity index (χ1) is 15.5. The van der Waals surface area contributed by atoms with Crippen molar-refractivity contribution in [2.75, 3.05) is 16.8 Å². The van der Waals surface area contributed by atoms with Gasteiger partial charge in [-0.1, -0.05) is 45.5 Å². The second-order valence-electron chi connectivity index (χ2n) is 7.70. The van der Waals surface area contributed by atoms with E-state index in [4.69, 9.17) is 4.98 Å². The van der Waals surface area contributed by atoms with E-state index in [1.807, 2.05) is 61.5 Å². The Bertz CT molecular complexity index is 1320. The normalized spacial score (nSPS) is 16.0. The Hall–Kier alpha value is -3.10. The van der Waals surface area contributed by atoms with E-state index in [1.54, 1.807) is 11.1 Å². The van der Waals surface area contributed by atoms with Crippen LogP contribution in [0.2, 0.25) is 0 Å². The molecular weight excluding hydrogens is 488 g/mol. The van der Waals surface area contributed by atoms with Crippen LogP contribution in [0, 0.1) is 12.8 Å². The Morgan fingerprint density at radius 3 is 2.84 bits per heavy atom. The number of thiazole rings is 1. The monoisotopic (exact) mass is 506 g/mol. The first-order valence-electron chi connectivity index (χ1n) is 10.2. The molecule has 1 fully saturated rings. The maximum absolute atomic E-state index is 13.0. The lowest BCUT2D eigenvalue weighted by molar-refractivity contribution is -0.122. The number of amides is 2. The number of hydrogen-bond donors (Lipinski definition) is 1. The summed E-state index contributed by atoms with van der Waals surface area (Å²) in [6, 6.07) is 17.2. The van der Waals surface area contributed by atoms with Crippen LogP contribution in [0.3, 0.4) is 0 Å². The van der Waals surface area contributed by atoms with Crippen molar-refractivity contribution in [2.45, 2.75) is 13.3 Å². The van der Waals surface area contributed by atoms with Crippen LogP contribution in [0.5, 0.6) is 0 Å². The van der Waals surface area contributed by atoms with Gasteiger partial charge in [-0.2, -0.15) is 0 Å². The molecule has 2 aromatic heterocycles. The summed E-state index contributed by atoms with van der Waals surface area (Å²) in [6.07, 6.45) is 1.95. The molecule has 8 heteroatoms. The van der Waals surface area contributed by atoms with Crippen molar-refractivity contribution in [1.29, 1.82) is 0 Å². The van der Waals surface area contributed by atoms with Crippen molar-refractivity contribution in [3.63, 3.8) is 0 Å². The molecule has 1 unspecified atom stereocenters. The lowest BCUT2D eigenvalue weighted by Crippen LogP contribution is -2.28. The molecule has 0 saturated carbocycles. The van der Waals surface area contributed by atoms with Crippen molar-refractivity contribution in [3.8, 4) is 10.6 Å². The molecule has 1 aliphatic rings. The fourth-order valence-electron chi connectivity index (χ4n) is 3.90. The lowest BCUT2D eigenvalue weighted by atomic mass is 10.0. The molecule has 3 heterocycles. The lowest BCUT2D eigenvalue weighted by Gasteiger charge is -2.17. The van der Waals surface area contributed by atoms with Crippen LogP contribution in [0.1, 0.15) is 12.0 Å². The predicted molar refractivity (Wildman–Crippen MR) is 131 cm³/mol. The number of halogens is 1. The van der Waals surface area contributed by atoms with Crippen molar-refractivity contribution in [2.24, 2.45) is 5.92 Å². The molecule has 6 nitrogen and oxygen atoms in total. The van der Waals surface area contributed by atoms with Crippen LogP contribution >= 0.6 is 27.3 Å². The third-order valence-corrected chi connectivity index (χ3v) is 7.11. The fraction of sp³-hybridized carbons (Fsp3) is 0.167. The average Bonchev–Trinajstić information content (AvgIpc) is 3.39. The van der Waals surface area contributed by atoms with Gasteiger partial charge in [-0.25, -0.2) is 9.97 Å². The minimum atomic E-state index is -0.406. The number of rotatable bonds is 4. The number of aromatic nitrogens is 2. The van der Waals surface area contributed by atoms with Crippen LogP contribution < -0.4 is 10.2 Å². The van der Waals surface area contributed by atoms with E-state index in [0.29, 0.717) is 6.54 Å². The van der Waals surface area contributed by atoms with E-state index in [1.165, 1.54) is 11.3 Å². The molecule has 1 atom stereocenters. The molecule has 5 rings (SSSR count). The maximum atomic E-state index is 13.0. The van der Waals surface area contributed by atoms with Gasteiger partial charge in [0.05, 0.1) is 5.92 Å². The summed E-state index contributed by atoms with van der Waals surface area (Å²) in [6.45, 7) is 2.33. The van der Waals surface area contributed by atoms with Gasteiger partial charge in [-0.3, -0.25) is 9.59 Å².